The molecule has 0 bridgehead atoms. The third-order valence-corrected chi connectivity index (χ3v) is 5.34. The molecule has 0 aliphatic carbocycles. The normalized spacial score (nSPS) is 10.9. The van der Waals surface area contributed by atoms with E-state index >= 15 is 0 Å². The Morgan fingerprint density at radius 3 is 2.36 bits per heavy atom. The summed E-state index contributed by atoms with van der Waals surface area (Å²) in [5, 5.41) is 3.03. The highest BCUT2D eigenvalue weighted by molar-refractivity contribution is 7.92. The SMILES string of the molecule is COC(=O)c1ccccc1Nc1ccc(NS(=O)(=O)c2ccc(C)cc2)cn1. The number of rotatable bonds is 6. The van der Waals surface area contributed by atoms with Crippen molar-refractivity contribution in [1.29, 1.82) is 0 Å². The van der Waals surface area contributed by atoms with Gasteiger partial charge in [-0.25, -0.2) is 18.2 Å². The lowest BCUT2D eigenvalue weighted by Gasteiger charge is -2.11. The van der Waals surface area contributed by atoms with Crippen molar-refractivity contribution in [2.24, 2.45) is 0 Å². The van der Waals surface area contributed by atoms with Crippen molar-refractivity contribution in [3.05, 3.63) is 78.0 Å². The molecule has 0 radical (unpaired) electrons. The van der Waals surface area contributed by atoms with Crippen molar-refractivity contribution in [1.82, 2.24) is 4.98 Å². The van der Waals surface area contributed by atoms with Crippen molar-refractivity contribution < 1.29 is 17.9 Å². The lowest BCUT2D eigenvalue weighted by Crippen LogP contribution is -2.13. The van der Waals surface area contributed by atoms with Crippen molar-refractivity contribution in [2.45, 2.75) is 11.8 Å². The number of hydrogen-bond donors (Lipinski definition) is 2. The van der Waals surface area contributed by atoms with Gasteiger partial charge in [0.2, 0.25) is 0 Å². The first-order valence-corrected chi connectivity index (χ1v) is 9.87. The quantitative estimate of drug-likeness (QED) is 0.615. The smallest absolute Gasteiger partial charge is 0.339 e. The van der Waals surface area contributed by atoms with Gasteiger partial charge >= 0.3 is 5.97 Å². The van der Waals surface area contributed by atoms with Crippen LogP contribution < -0.4 is 10.0 Å². The van der Waals surface area contributed by atoms with Crippen LogP contribution in [0.15, 0.2) is 71.8 Å². The average Bonchev–Trinajstić information content (AvgIpc) is 2.69. The number of esters is 1. The molecule has 3 aromatic rings. The second kappa shape index (κ2) is 8.10. The summed E-state index contributed by atoms with van der Waals surface area (Å²) in [5.41, 5.74) is 2.21. The van der Waals surface area contributed by atoms with Crippen LogP contribution in [0.5, 0.6) is 0 Å². The summed E-state index contributed by atoms with van der Waals surface area (Å²) >= 11 is 0. The van der Waals surface area contributed by atoms with Gasteiger partial charge in [0.15, 0.2) is 0 Å². The maximum Gasteiger partial charge on any atom is 0.339 e. The number of carbonyl (C=O) groups is 1. The van der Waals surface area contributed by atoms with Gasteiger partial charge < -0.3 is 10.1 Å². The molecule has 0 saturated heterocycles. The molecule has 144 valence electrons. The first-order chi connectivity index (χ1) is 13.4. The van der Waals surface area contributed by atoms with Crippen LogP contribution in [0.1, 0.15) is 15.9 Å². The molecule has 0 atom stereocenters. The number of methoxy groups -OCH3 is 1. The first-order valence-electron chi connectivity index (χ1n) is 8.39. The Kier molecular flexibility index (Phi) is 5.60. The van der Waals surface area contributed by atoms with E-state index in [1.807, 2.05) is 6.92 Å². The molecule has 0 aliphatic heterocycles. The molecule has 0 saturated carbocycles. The topological polar surface area (TPSA) is 97.4 Å². The third-order valence-electron chi connectivity index (χ3n) is 3.94. The van der Waals surface area contributed by atoms with Gasteiger partial charge in [0.1, 0.15) is 5.82 Å². The molecule has 28 heavy (non-hydrogen) atoms. The zero-order chi connectivity index (χ0) is 20.1. The zero-order valence-corrected chi connectivity index (χ0v) is 16.2. The molecule has 7 nitrogen and oxygen atoms in total. The highest BCUT2D eigenvalue weighted by Gasteiger charge is 2.15. The summed E-state index contributed by atoms with van der Waals surface area (Å²) in [6.07, 6.45) is 1.40. The van der Waals surface area contributed by atoms with E-state index in [0.717, 1.165) is 5.56 Å². The summed E-state index contributed by atoms with van der Waals surface area (Å²) in [4.78, 5) is 16.2. The zero-order valence-electron chi connectivity index (χ0n) is 15.3. The molecule has 2 aromatic carbocycles. The highest BCUT2D eigenvalue weighted by Crippen LogP contribution is 2.22. The summed E-state index contributed by atoms with van der Waals surface area (Å²) in [6.45, 7) is 1.89. The molecule has 0 aliphatic rings. The second-order valence-corrected chi connectivity index (χ2v) is 7.70. The van der Waals surface area contributed by atoms with E-state index in [9.17, 15) is 13.2 Å². The Hall–Kier alpha value is -3.39. The molecule has 8 heteroatoms. The van der Waals surface area contributed by atoms with E-state index < -0.39 is 16.0 Å². The Balaban J connectivity index is 1.76. The molecule has 0 spiro atoms. The number of nitrogens with one attached hydrogen (secondary N) is 2. The van der Waals surface area contributed by atoms with Gasteiger partial charge in [-0.2, -0.15) is 0 Å². The molecular formula is C20H19N3O4S. The number of ether oxygens (including phenoxy) is 1. The molecular weight excluding hydrogens is 378 g/mol. The van der Waals surface area contributed by atoms with Crippen LogP contribution in [0.3, 0.4) is 0 Å². The fourth-order valence-electron chi connectivity index (χ4n) is 2.48. The van der Waals surface area contributed by atoms with Gasteiger partial charge in [-0.05, 0) is 43.3 Å². The van der Waals surface area contributed by atoms with Crippen LogP contribution in [0.4, 0.5) is 17.2 Å². The van der Waals surface area contributed by atoms with E-state index in [1.54, 1.807) is 60.7 Å². The summed E-state index contributed by atoms with van der Waals surface area (Å²) < 4.78 is 32.1. The number of pyridine rings is 1. The molecule has 3 rings (SSSR count). The van der Waals surface area contributed by atoms with Crippen LogP contribution in [0.25, 0.3) is 0 Å². The fraction of sp³-hybridized carbons (Fsp3) is 0.100. The van der Waals surface area contributed by atoms with Crippen molar-refractivity contribution in [2.75, 3.05) is 17.1 Å². The molecule has 1 heterocycles. The van der Waals surface area contributed by atoms with Gasteiger partial charge in [0, 0.05) is 0 Å². The van der Waals surface area contributed by atoms with Crippen LogP contribution >= 0.6 is 0 Å². The van der Waals surface area contributed by atoms with Crippen LogP contribution in [-0.4, -0.2) is 26.5 Å². The summed E-state index contributed by atoms with van der Waals surface area (Å²) in [7, 11) is -2.38. The number of benzene rings is 2. The van der Waals surface area contributed by atoms with E-state index in [2.05, 4.69) is 15.0 Å². The van der Waals surface area contributed by atoms with Gasteiger partial charge in [-0.15, -0.1) is 0 Å². The lowest BCUT2D eigenvalue weighted by atomic mass is 10.2. The number of aromatic nitrogens is 1. The number of hydrogen-bond acceptors (Lipinski definition) is 6. The van der Waals surface area contributed by atoms with Gasteiger partial charge in [-0.1, -0.05) is 29.8 Å². The standard InChI is InChI=1S/C20H19N3O4S/c1-14-7-10-16(11-8-14)28(25,26)23-15-9-12-19(21-13-15)22-18-6-4-3-5-17(18)20(24)27-2/h3-13,23H,1-2H3,(H,21,22). The maximum absolute atomic E-state index is 12.4. The molecule has 1 aromatic heterocycles. The monoisotopic (exact) mass is 397 g/mol. The Labute approximate surface area is 163 Å². The number of nitrogens with zero attached hydrogens (tertiary/aromatic N) is 1. The number of anilines is 3. The summed E-state index contributed by atoms with van der Waals surface area (Å²) in [6, 6.07) is 16.6. The third kappa shape index (κ3) is 4.47. The Morgan fingerprint density at radius 1 is 1.00 bits per heavy atom. The maximum atomic E-state index is 12.4. The Morgan fingerprint density at radius 2 is 1.71 bits per heavy atom. The molecule has 2 N–H and O–H groups in total. The van der Waals surface area contributed by atoms with E-state index in [1.165, 1.54) is 13.3 Å². The van der Waals surface area contributed by atoms with Crippen molar-refractivity contribution in [3.8, 4) is 0 Å². The van der Waals surface area contributed by atoms with Crippen molar-refractivity contribution in [3.63, 3.8) is 0 Å². The highest BCUT2D eigenvalue weighted by atomic mass is 32.2. The number of para-hydroxylation sites is 1. The molecule has 0 amide bonds. The van der Waals surface area contributed by atoms with Crippen LogP contribution in [0.2, 0.25) is 0 Å². The largest absolute Gasteiger partial charge is 0.465 e. The number of carbonyl (C=O) groups excluding carboxylic acids is 1. The molecule has 0 fully saturated rings. The first kappa shape index (κ1) is 19.4. The van der Waals surface area contributed by atoms with Crippen molar-refractivity contribution >= 4 is 33.2 Å². The van der Waals surface area contributed by atoms with Crippen LogP contribution in [-0.2, 0) is 14.8 Å². The Bertz CT molecular complexity index is 1080. The second-order valence-electron chi connectivity index (χ2n) is 6.01. The average molecular weight is 397 g/mol. The minimum Gasteiger partial charge on any atom is -0.465 e. The fourth-order valence-corrected chi connectivity index (χ4v) is 3.52. The lowest BCUT2D eigenvalue weighted by molar-refractivity contribution is 0.0602. The van der Waals surface area contributed by atoms with E-state index in [0.29, 0.717) is 22.8 Å². The van der Waals surface area contributed by atoms with Gasteiger partial charge in [-0.3, -0.25) is 4.72 Å². The predicted molar refractivity (Wildman–Crippen MR) is 107 cm³/mol. The predicted octanol–water partition coefficient (Wildman–Crippen LogP) is 3.72. The van der Waals surface area contributed by atoms with E-state index in [4.69, 9.17) is 4.74 Å². The minimum absolute atomic E-state index is 0.173. The van der Waals surface area contributed by atoms with Crippen LogP contribution in [0, 0.1) is 6.92 Å². The van der Waals surface area contributed by atoms with Gasteiger partial charge in [0.05, 0.1) is 35.1 Å². The number of aryl methyl sites for hydroxylation is 1. The van der Waals surface area contributed by atoms with E-state index in [-0.39, 0.29) is 4.90 Å². The van der Waals surface area contributed by atoms with Gasteiger partial charge in [0.25, 0.3) is 10.0 Å². The molecule has 0 unspecified atom stereocenters. The number of sulfonamides is 1. The minimum atomic E-state index is -3.69. The summed E-state index contributed by atoms with van der Waals surface area (Å²) in [5.74, 6) is -0.0137.